The van der Waals surface area contributed by atoms with Crippen LogP contribution in [0.5, 0.6) is 0 Å². The Morgan fingerprint density at radius 2 is 2.00 bits per heavy atom. The van der Waals surface area contributed by atoms with E-state index in [1.807, 2.05) is 0 Å². The van der Waals surface area contributed by atoms with E-state index >= 15 is 0 Å². The highest BCUT2D eigenvalue weighted by Crippen LogP contribution is 2.22. The molecule has 10 heteroatoms. The summed E-state index contributed by atoms with van der Waals surface area (Å²) in [4.78, 5) is 35.1. The van der Waals surface area contributed by atoms with Gasteiger partial charge in [-0.25, -0.2) is 18.4 Å². The number of hydrogen-bond acceptors (Lipinski definition) is 6. The number of nitrogens with zero attached hydrogens (tertiary/aromatic N) is 3. The van der Waals surface area contributed by atoms with Crippen molar-refractivity contribution >= 4 is 11.7 Å². The molecule has 134 valence electrons. The van der Waals surface area contributed by atoms with Gasteiger partial charge < -0.3 is 10.1 Å². The highest BCUT2D eigenvalue weighted by atomic mass is 19.1. The smallest absolute Gasteiger partial charge is 0.352 e. The number of esters is 1. The molecule has 0 aliphatic carbocycles. The maximum absolute atomic E-state index is 14.1. The van der Waals surface area contributed by atoms with Crippen molar-refractivity contribution in [3.05, 3.63) is 50.8 Å². The molecule has 1 aromatic carbocycles. The van der Waals surface area contributed by atoms with Crippen molar-refractivity contribution in [1.29, 1.82) is 0 Å². The second-order valence-electron chi connectivity index (χ2n) is 5.14. The van der Waals surface area contributed by atoms with Crippen LogP contribution in [0.3, 0.4) is 0 Å². The fourth-order valence-corrected chi connectivity index (χ4v) is 2.01. The summed E-state index contributed by atoms with van der Waals surface area (Å²) in [6.07, 6.45) is 0.832. The van der Waals surface area contributed by atoms with E-state index in [1.54, 1.807) is 6.92 Å². The van der Waals surface area contributed by atoms with E-state index in [-0.39, 0.29) is 18.0 Å². The number of nitrogens with one attached hydrogen (secondary N) is 1. The second kappa shape index (κ2) is 7.24. The van der Waals surface area contributed by atoms with E-state index in [0.29, 0.717) is 10.7 Å². The Morgan fingerprint density at radius 3 is 2.64 bits per heavy atom. The van der Waals surface area contributed by atoms with Crippen LogP contribution in [-0.2, 0) is 16.6 Å². The molecular formula is C15H16F2N4O4. The van der Waals surface area contributed by atoms with Gasteiger partial charge in [-0.3, -0.25) is 9.36 Å². The minimum atomic E-state index is -1.06. The van der Waals surface area contributed by atoms with Crippen LogP contribution >= 0.6 is 0 Å². The first-order valence-corrected chi connectivity index (χ1v) is 7.34. The Labute approximate surface area is 140 Å². The zero-order valence-electron chi connectivity index (χ0n) is 13.7. The molecule has 2 aromatic rings. The molecule has 1 aromatic heterocycles. The third kappa shape index (κ3) is 3.73. The van der Waals surface area contributed by atoms with Gasteiger partial charge in [-0.15, -0.1) is 0 Å². The van der Waals surface area contributed by atoms with Gasteiger partial charge in [-0.05, 0) is 19.9 Å². The highest BCUT2D eigenvalue weighted by Gasteiger charge is 2.19. The van der Waals surface area contributed by atoms with Crippen molar-refractivity contribution in [2.45, 2.75) is 19.9 Å². The van der Waals surface area contributed by atoms with Gasteiger partial charge in [0.1, 0.15) is 23.7 Å². The average molecular weight is 354 g/mol. The number of aromatic nitrogens is 3. The standard InChI is InChI=1S/C15H16F2N4O4/c1-4-25-14(23)8(2)19-11-6-12(10(17)5-9(11)16)21-15(24)20(3)13(22)7-18-21/h5-8,19H,4H2,1-3H3/t8-/m1/s1. The van der Waals surface area contributed by atoms with E-state index in [9.17, 15) is 23.2 Å². The van der Waals surface area contributed by atoms with Crippen molar-refractivity contribution in [3.63, 3.8) is 0 Å². The monoisotopic (exact) mass is 354 g/mol. The van der Waals surface area contributed by atoms with Crippen LogP contribution in [0.25, 0.3) is 5.69 Å². The molecule has 0 unspecified atom stereocenters. The zero-order valence-corrected chi connectivity index (χ0v) is 13.7. The van der Waals surface area contributed by atoms with Crippen LogP contribution in [0.2, 0.25) is 0 Å². The third-order valence-corrected chi connectivity index (χ3v) is 3.36. The highest BCUT2D eigenvalue weighted by molar-refractivity contribution is 5.79. The lowest BCUT2D eigenvalue weighted by Crippen LogP contribution is -2.38. The second-order valence-corrected chi connectivity index (χ2v) is 5.14. The van der Waals surface area contributed by atoms with Crippen molar-refractivity contribution in [2.75, 3.05) is 11.9 Å². The number of hydrogen-bond donors (Lipinski definition) is 1. The first-order valence-electron chi connectivity index (χ1n) is 7.34. The number of rotatable bonds is 5. The Kier molecular flexibility index (Phi) is 5.30. The lowest BCUT2D eigenvalue weighted by Gasteiger charge is -2.16. The Hall–Kier alpha value is -3.04. The van der Waals surface area contributed by atoms with E-state index in [2.05, 4.69) is 10.4 Å². The minimum Gasteiger partial charge on any atom is -0.464 e. The first kappa shape index (κ1) is 18.3. The lowest BCUT2D eigenvalue weighted by molar-refractivity contribution is -0.143. The number of halogens is 2. The predicted octanol–water partition coefficient (Wildman–Crippen LogP) is 0.573. The minimum absolute atomic E-state index is 0.152. The molecule has 0 aliphatic heterocycles. The summed E-state index contributed by atoms with van der Waals surface area (Å²) in [5.41, 5.74) is -2.17. The summed E-state index contributed by atoms with van der Waals surface area (Å²) in [6, 6.07) is 0.631. The normalized spacial score (nSPS) is 11.9. The van der Waals surface area contributed by atoms with Gasteiger partial charge in [0.2, 0.25) is 0 Å². The van der Waals surface area contributed by atoms with Gasteiger partial charge in [-0.1, -0.05) is 0 Å². The van der Waals surface area contributed by atoms with Gasteiger partial charge in [0.05, 0.1) is 12.3 Å². The fraction of sp³-hybridized carbons (Fsp3) is 0.333. The molecule has 0 radical (unpaired) electrons. The van der Waals surface area contributed by atoms with Crippen LogP contribution in [0.15, 0.2) is 27.9 Å². The Bertz CT molecular complexity index is 923. The van der Waals surface area contributed by atoms with Gasteiger partial charge in [0.25, 0.3) is 5.56 Å². The molecule has 0 fully saturated rings. The molecule has 2 rings (SSSR count). The average Bonchev–Trinajstić information content (AvgIpc) is 2.56. The third-order valence-electron chi connectivity index (χ3n) is 3.36. The molecule has 0 amide bonds. The number of carbonyl (C=O) groups is 1. The summed E-state index contributed by atoms with van der Waals surface area (Å²) in [6.45, 7) is 3.22. The van der Waals surface area contributed by atoms with Crippen LogP contribution in [0.4, 0.5) is 14.5 Å². The van der Waals surface area contributed by atoms with Crippen molar-refractivity contribution in [2.24, 2.45) is 7.05 Å². The zero-order chi connectivity index (χ0) is 18.7. The summed E-state index contributed by atoms with van der Waals surface area (Å²) >= 11 is 0. The number of ether oxygens (including phenoxy) is 1. The SMILES string of the molecule is CCOC(=O)[C@@H](C)Nc1cc(-n2ncc(=O)n(C)c2=O)c(F)cc1F. The van der Waals surface area contributed by atoms with Crippen molar-refractivity contribution in [1.82, 2.24) is 14.3 Å². The largest absolute Gasteiger partial charge is 0.464 e. The molecular weight excluding hydrogens is 338 g/mol. The molecule has 1 N–H and O–H groups in total. The quantitative estimate of drug-likeness (QED) is 0.789. The molecule has 0 spiro atoms. The molecule has 25 heavy (non-hydrogen) atoms. The molecule has 0 bridgehead atoms. The van der Waals surface area contributed by atoms with E-state index in [1.165, 1.54) is 14.0 Å². The summed E-state index contributed by atoms with van der Waals surface area (Å²) < 4.78 is 34.2. The predicted molar refractivity (Wildman–Crippen MR) is 84.7 cm³/mol. The maximum Gasteiger partial charge on any atom is 0.352 e. The summed E-state index contributed by atoms with van der Waals surface area (Å²) in [7, 11) is 1.20. The lowest BCUT2D eigenvalue weighted by atomic mass is 10.2. The summed E-state index contributed by atoms with van der Waals surface area (Å²) in [5, 5.41) is 6.12. The molecule has 8 nitrogen and oxygen atoms in total. The number of benzene rings is 1. The van der Waals surface area contributed by atoms with Crippen LogP contribution in [0, 0.1) is 11.6 Å². The maximum atomic E-state index is 14.1. The summed E-state index contributed by atoms with van der Waals surface area (Å²) in [5.74, 6) is -2.64. The molecule has 1 atom stereocenters. The number of anilines is 1. The molecule has 0 aliphatic rings. The molecule has 0 saturated heterocycles. The van der Waals surface area contributed by atoms with Crippen LogP contribution in [0.1, 0.15) is 13.8 Å². The van der Waals surface area contributed by atoms with Crippen molar-refractivity contribution in [3.8, 4) is 5.69 Å². The fourth-order valence-electron chi connectivity index (χ4n) is 2.01. The molecule has 1 heterocycles. The number of carbonyl (C=O) groups excluding carboxylic acids is 1. The van der Waals surface area contributed by atoms with Gasteiger partial charge >= 0.3 is 11.7 Å². The first-order chi connectivity index (χ1) is 11.8. The van der Waals surface area contributed by atoms with E-state index in [4.69, 9.17) is 4.74 Å². The van der Waals surface area contributed by atoms with Crippen LogP contribution in [-0.4, -0.2) is 33.0 Å². The van der Waals surface area contributed by atoms with Crippen molar-refractivity contribution < 1.29 is 18.3 Å². The van der Waals surface area contributed by atoms with Gasteiger partial charge in [0, 0.05) is 13.1 Å². The van der Waals surface area contributed by atoms with E-state index < -0.39 is 34.9 Å². The van der Waals surface area contributed by atoms with Gasteiger partial charge in [0.15, 0.2) is 5.82 Å². The topological polar surface area (TPSA) is 95.2 Å². The Morgan fingerprint density at radius 1 is 1.32 bits per heavy atom. The van der Waals surface area contributed by atoms with Gasteiger partial charge in [-0.2, -0.15) is 9.78 Å². The molecule has 0 saturated carbocycles. The van der Waals surface area contributed by atoms with E-state index in [0.717, 1.165) is 16.8 Å². The Balaban J connectivity index is 2.49. The van der Waals surface area contributed by atoms with Crippen LogP contribution < -0.4 is 16.6 Å².